The minimum Gasteiger partial charge on any atom is -0.497 e. The van der Waals surface area contributed by atoms with E-state index in [0.717, 1.165) is 22.2 Å². The van der Waals surface area contributed by atoms with Crippen LogP contribution in [0.5, 0.6) is 5.75 Å². The molecular formula is C24H22N4O5S. The summed E-state index contributed by atoms with van der Waals surface area (Å²) in [5, 5.41) is 2.02. The molecule has 0 aliphatic carbocycles. The zero-order valence-corrected chi connectivity index (χ0v) is 19.6. The molecular weight excluding hydrogens is 456 g/mol. The third kappa shape index (κ3) is 4.40. The number of hydrogen-bond donors (Lipinski definition) is 1. The number of thioether (sulfide) groups is 1. The number of methoxy groups -OCH3 is 1. The number of amides is 3. The second kappa shape index (κ2) is 9.44. The molecule has 1 aliphatic heterocycles. The number of hydrogen-bond acceptors (Lipinski definition) is 6. The number of aromatic nitrogens is 2. The van der Waals surface area contributed by atoms with E-state index in [4.69, 9.17) is 4.74 Å². The van der Waals surface area contributed by atoms with Gasteiger partial charge >= 0.3 is 0 Å². The van der Waals surface area contributed by atoms with Crippen molar-refractivity contribution in [3.05, 3.63) is 81.1 Å². The lowest BCUT2D eigenvalue weighted by Gasteiger charge is -2.12. The van der Waals surface area contributed by atoms with Crippen molar-refractivity contribution in [1.29, 1.82) is 0 Å². The SMILES string of the molecule is COc1ccc(C=C2SC(=O)N(CC(=O)Nc3c(C)n(C)n(-c4ccccc4)c3=O)C2=O)cc1. The van der Waals surface area contributed by atoms with Crippen LogP contribution in [0.4, 0.5) is 10.5 Å². The number of benzene rings is 2. The number of carbonyl (C=O) groups excluding carboxylic acids is 3. The Labute approximate surface area is 199 Å². The lowest BCUT2D eigenvalue weighted by Crippen LogP contribution is -2.37. The molecule has 0 unspecified atom stereocenters. The van der Waals surface area contributed by atoms with Crippen molar-refractivity contribution in [2.75, 3.05) is 19.0 Å². The van der Waals surface area contributed by atoms with Crippen molar-refractivity contribution < 1.29 is 19.1 Å². The summed E-state index contributed by atoms with van der Waals surface area (Å²) in [6, 6.07) is 16.0. The van der Waals surface area contributed by atoms with Crippen molar-refractivity contribution in [3.63, 3.8) is 0 Å². The molecule has 174 valence electrons. The highest BCUT2D eigenvalue weighted by Gasteiger charge is 2.36. The van der Waals surface area contributed by atoms with E-state index in [-0.39, 0.29) is 10.6 Å². The van der Waals surface area contributed by atoms with Crippen LogP contribution >= 0.6 is 11.8 Å². The first-order valence-corrected chi connectivity index (χ1v) is 11.1. The van der Waals surface area contributed by atoms with Gasteiger partial charge in [0.25, 0.3) is 16.7 Å². The molecule has 34 heavy (non-hydrogen) atoms. The first-order chi connectivity index (χ1) is 16.3. The van der Waals surface area contributed by atoms with Gasteiger partial charge in [0.2, 0.25) is 5.91 Å². The Morgan fingerprint density at radius 3 is 2.38 bits per heavy atom. The van der Waals surface area contributed by atoms with Crippen molar-refractivity contribution >= 4 is 40.6 Å². The molecule has 10 heteroatoms. The fourth-order valence-electron chi connectivity index (χ4n) is 3.52. The molecule has 1 aromatic heterocycles. The molecule has 4 rings (SSSR count). The molecule has 9 nitrogen and oxygen atoms in total. The van der Waals surface area contributed by atoms with Gasteiger partial charge in [0.15, 0.2) is 0 Å². The number of carbonyl (C=O) groups is 3. The maximum Gasteiger partial charge on any atom is 0.295 e. The van der Waals surface area contributed by atoms with E-state index >= 15 is 0 Å². The summed E-state index contributed by atoms with van der Waals surface area (Å²) in [5.74, 6) is -0.532. The molecule has 2 heterocycles. The Balaban J connectivity index is 1.50. The minimum absolute atomic E-state index is 0.0945. The third-order valence-electron chi connectivity index (χ3n) is 5.41. The van der Waals surface area contributed by atoms with Gasteiger partial charge in [0.1, 0.15) is 18.0 Å². The van der Waals surface area contributed by atoms with Gasteiger partial charge in [-0.3, -0.25) is 28.8 Å². The summed E-state index contributed by atoms with van der Waals surface area (Å²) < 4.78 is 8.18. The van der Waals surface area contributed by atoms with Crippen LogP contribution in [0.15, 0.2) is 64.3 Å². The quantitative estimate of drug-likeness (QED) is 0.546. The largest absolute Gasteiger partial charge is 0.497 e. The third-order valence-corrected chi connectivity index (χ3v) is 6.31. The lowest BCUT2D eigenvalue weighted by atomic mass is 10.2. The maximum absolute atomic E-state index is 13.0. The molecule has 0 atom stereocenters. The fraction of sp³-hybridized carbons (Fsp3) is 0.167. The van der Waals surface area contributed by atoms with Gasteiger partial charge in [0.05, 0.1) is 23.4 Å². The Hall–Kier alpha value is -4.05. The zero-order chi connectivity index (χ0) is 24.4. The Morgan fingerprint density at radius 2 is 1.74 bits per heavy atom. The monoisotopic (exact) mass is 478 g/mol. The van der Waals surface area contributed by atoms with Gasteiger partial charge in [-0.25, -0.2) is 4.68 Å². The molecule has 1 fully saturated rings. The van der Waals surface area contributed by atoms with Gasteiger partial charge in [-0.1, -0.05) is 30.3 Å². The molecule has 2 aromatic carbocycles. The van der Waals surface area contributed by atoms with Crippen LogP contribution in [0.2, 0.25) is 0 Å². The Bertz CT molecular complexity index is 1360. The highest BCUT2D eigenvalue weighted by Crippen LogP contribution is 2.32. The average Bonchev–Trinajstić information content (AvgIpc) is 3.21. The molecule has 3 amide bonds. The lowest BCUT2D eigenvalue weighted by molar-refractivity contribution is -0.127. The van der Waals surface area contributed by atoms with Gasteiger partial charge in [-0.15, -0.1) is 0 Å². The van der Waals surface area contributed by atoms with E-state index in [0.29, 0.717) is 17.1 Å². The van der Waals surface area contributed by atoms with Crippen LogP contribution in [0.1, 0.15) is 11.3 Å². The van der Waals surface area contributed by atoms with Crippen LogP contribution in [0, 0.1) is 6.92 Å². The molecule has 0 radical (unpaired) electrons. The topological polar surface area (TPSA) is 103 Å². The second-order valence-corrected chi connectivity index (χ2v) is 8.52. The summed E-state index contributed by atoms with van der Waals surface area (Å²) in [7, 11) is 3.26. The first-order valence-electron chi connectivity index (χ1n) is 10.3. The zero-order valence-electron chi connectivity index (χ0n) is 18.8. The van der Waals surface area contributed by atoms with Gasteiger partial charge < -0.3 is 10.1 Å². The van der Waals surface area contributed by atoms with E-state index in [9.17, 15) is 19.2 Å². The van der Waals surface area contributed by atoms with Crippen LogP contribution in [-0.4, -0.2) is 45.0 Å². The van der Waals surface area contributed by atoms with Crippen LogP contribution in [0.3, 0.4) is 0 Å². The van der Waals surface area contributed by atoms with E-state index in [2.05, 4.69) is 5.32 Å². The highest BCUT2D eigenvalue weighted by molar-refractivity contribution is 8.18. The van der Waals surface area contributed by atoms with Crippen LogP contribution in [0.25, 0.3) is 11.8 Å². The molecule has 0 spiro atoms. The normalized spacial score (nSPS) is 14.7. The predicted octanol–water partition coefficient (Wildman–Crippen LogP) is 3.17. The summed E-state index contributed by atoms with van der Waals surface area (Å²) in [6.45, 7) is 1.21. The summed E-state index contributed by atoms with van der Waals surface area (Å²) in [4.78, 5) is 51.9. The summed E-state index contributed by atoms with van der Waals surface area (Å²) in [6.07, 6.45) is 1.59. The molecule has 0 bridgehead atoms. The Morgan fingerprint density at radius 1 is 1.06 bits per heavy atom. The summed E-state index contributed by atoms with van der Waals surface area (Å²) in [5.41, 5.74) is 1.59. The first kappa shape index (κ1) is 23.1. The maximum atomic E-state index is 13.0. The number of para-hydroxylation sites is 1. The van der Waals surface area contributed by atoms with Crippen molar-refractivity contribution in [1.82, 2.24) is 14.3 Å². The number of imide groups is 1. The number of ether oxygens (including phenoxy) is 1. The Kier molecular flexibility index (Phi) is 6.42. The van der Waals surface area contributed by atoms with Gasteiger partial charge in [-0.2, -0.15) is 0 Å². The average molecular weight is 479 g/mol. The van der Waals surface area contributed by atoms with Crippen LogP contribution < -0.4 is 15.6 Å². The van der Waals surface area contributed by atoms with E-state index < -0.39 is 29.2 Å². The van der Waals surface area contributed by atoms with Crippen molar-refractivity contribution in [2.45, 2.75) is 6.92 Å². The standard InChI is InChI=1S/C24H22N4O5S/c1-15-21(23(31)28(26(15)2)17-7-5-4-6-8-17)25-20(29)14-27-22(30)19(34-24(27)32)13-16-9-11-18(33-3)12-10-16/h4-13H,14H2,1-3H3,(H,25,29). The number of nitrogens with zero attached hydrogens (tertiary/aromatic N) is 3. The van der Waals surface area contributed by atoms with Crippen LogP contribution in [-0.2, 0) is 16.6 Å². The van der Waals surface area contributed by atoms with E-state index in [1.165, 1.54) is 4.68 Å². The molecule has 1 aliphatic rings. The minimum atomic E-state index is -0.640. The van der Waals surface area contributed by atoms with Gasteiger partial charge in [-0.05, 0) is 54.6 Å². The molecule has 1 saturated heterocycles. The van der Waals surface area contributed by atoms with E-state index in [1.54, 1.807) is 68.2 Å². The smallest absolute Gasteiger partial charge is 0.295 e. The van der Waals surface area contributed by atoms with Crippen molar-refractivity contribution in [2.24, 2.45) is 7.05 Å². The number of anilines is 1. The number of rotatable bonds is 6. The summed E-state index contributed by atoms with van der Waals surface area (Å²) >= 11 is 0.762. The fourth-order valence-corrected chi connectivity index (χ4v) is 4.36. The molecule has 1 N–H and O–H groups in total. The second-order valence-electron chi connectivity index (χ2n) is 7.53. The predicted molar refractivity (Wildman–Crippen MR) is 130 cm³/mol. The molecule has 3 aromatic rings. The molecule has 0 saturated carbocycles. The van der Waals surface area contributed by atoms with Gasteiger partial charge in [0, 0.05) is 7.05 Å². The van der Waals surface area contributed by atoms with Crippen molar-refractivity contribution in [3.8, 4) is 11.4 Å². The van der Waals surface area contributed by atoms with E-state index in [1.807, 2.05) is 18.2 Å². The number of nitrogens with one attached hydrogen (secondary N) is 1. The highest BCUT2D eigenvalue weighted by atomic mass is 32.2.